The Kier molecular flexibility index (Phi) is 6.35. The minimum atomic E-state index is -1.46. The lowest BCUT2D eigenvalue weighted by Crippen LogP contribution is -2.43. The third kappa shape index (κ3) is 5.02. The molecule has 1 aliphatic carbocycles. The van der Waals surface area contributed by atoms with Gasteiger partial charge in [0.25, 0.3) is 0 Å². The fourth-order valence-electron chi connectivity index (χ4n) is 3.60. The Bertz CT molecular complexity index is 859. The third-order valence-corrected chi connectivity index (χ3v) is 7.36. The van der Waals surface area contributed by atoms with E-state index in [2.05, 4.69) is 20.3 Å². The van der Waals surface area contributed by atoms with E-state index in [0.29, 0.717) is 16.6 Å². The first kappa shape index (κ1) is 23.5. The number of hydrogen-bond acceptors (Lipinski definition) is 4. The molecule has 0 N–H and O–H groups in total. The number of rotatable bonds is 3. The zero-order chi connectivity index (χ0) is 22.5. The number of likely N-dealkylation sites (tertiary alicyclic amines) is 1. The van der Waals surface area contributed by atoms with Crippen LogP contribution in [0.4, 0.5) is 9.18 Å². The topological polar surface area (TPSA) is 65.0 Å². The molecule has 0 radical (unpaired) electrons. The summed E-state index contributed by atoms with van der Waals surface area (Å²) in [5.41, 5.74) is 0.300. The third-order valence-electron chi connectivity index (χ3n) is 5.34. The van der Waals surface area contributed by atoms with Gasteiger partial charge in [-0.25, -0.2) is 9.18 Å². The molecule has 1 aromatic carbocycles. The fraction of sp³-hybridized carbons (Fsp3) is 0.636. The maximum absolute atomic E-state index is 14.8. The Balaban J connectivity index is 2.02. The van der Waals surface area contributed by atoms with Crippen molar-refractivity contribution in [2.75, 3.05) is 6.54 Å². The maximum Gasteiger partial charge on any atom is 0.410 e. The van der Waals surface area contributed by atoms with Gasteiger partial charge in [0, 0.05) is 18.4 Å². The molecular weight excluding hydrogens is 471 g/mol. The quantitative estimate of drug-likeness (QED) is 0.519. The van der Waals surface area contributed by atoms with Gasteiger partial charge in [0.1, 0.15) is 27.5 Å². The lowest BCUT2D eigenvalue weighted by atomic mass is 9.95. The largest absolute Gasteiger partial charge is 0.591 e. The molecular formula is C22H30BrFN2O3S. The van der Waals surface area contributed by atoms with Gasteiger partial charge in [-0.1, -0.05) is 16.5 Å². The molecule has 2 aliphatic rings. The maximum atomic E-state index is 14.8. The highest BCUT2D eigenvalue weighted by atomic mass is 79.9. The standard InChI is InChI=1S/C22H30BrFN2O3S/c1-20(2,3)29-19(27)26-13-22(10-11-22)18(25-30(28)21(4,5)6)16(26)12-14-8-7-9-15(23)17(14)24/h7-9,16H,10-13H2,1-6H3/b25-18-/t16?,30-/m1/s1. The van der Waals surface area contributed by atoms with Crippen molar-refractivity contribution in [2.24, 2.45) is 9.81 Å². The van der Waals surface area contributed by atoms with E-state index in [-0.39, 0.29) is 17.7 Å². The van der Waals surface area contributed by atoms with Gasteiger partial charge in [-0.05, 0) is 81.9 Å². The van der Waals surface area contributed by atoms with Gasteiger partial charge in [-0.2, -0.15) is 0 Å². The number of carbonyl (C=O) groups is 1. The Hall–Kier alpha value is -1.12. The van der Waals surface area contributed by atoms with E-state index in [1.54, 1.807) is 23.1 Å². The van der Waals surface area contributed by atoms with E-state index >= 15 is 0 Å². The van der Waals surface area contributed by atoms with Crippen LogP contribution in [0.25, 0.3) is 0 Å². The summed E-state index contributed by atoms with van der Waals surface area (Å²) >= 11 is 1.77. The van der Waals surface area contributed by atoms with Crippen LogP contribution in [-0.4, -0.2) is 44.2 Å². The van der Waals surface area contributed by atoms with E-state index in [1.165, 1.54) is 0 Å². The van der Waals surface area contributed by atoms with E-state index < -0.39 is 33.8 Å². The van der Waals surface area contributed by atoms with Crippen molar-refractivity contribution in [1.29, 1.82) is 0 Å². The van der Waals surface area contributed by atoms with Gasteiger partial charge in [-0.15, -0.1) is 0 Å². The van der Waals surface area contributed by atoms with Gasteiger partial charge >= 0.3 is 6.09 Å². The van der Waals surface area contributed by atoms with Crippen molar-refractivity contribution in [3.05, 3.63) is 34.1 Å². The Morgan fingerprint density at radius 3 is 2.50 bits per heavy atom. The molecule has 1 aliphatic heterocycles. The summed E-state index contributed by atoms with van der Waals surface area (Å²) in [6, 6.07) is 4.64. The number of halogens is 2. The molecule has 1 spiro atoms. The van der Waals surface area contributed by atoms with Crippen LogP contribution in [0.15, 0.2) is 27.1 Å². The van der Waals surface area contributed by atoms with Crippen LogP contribution in [0.3, 0.4) is 0 Å². The predicted molar refractivity (Wildman–Crippen MR) is 122 cm³/mol. The van der Waals surface area contributed by atoms with Crippen LogP contribution in [-0.2, 0) is 22.5 Å². The number of hydrogen-bond donors (Lipinski definition) is 0. The second-order valence-corrected chi connectivity index (χ2v) is 12.9. The number of amides is 1. The Labute approximate surface area is 189 Å². The lowest BCUT2D eigenvalue weighted by molar-refractivity contribution is 0.0232. The summed E-state index contributed by atoms with van der Waals surface area (Å²) in [5.74, 6) is -0.352. The van der Waals surface area contributed by atoms with Gasteiger partial charge in [0.15, 0.2) is 0 Å². The van der Waals surface area contributed by atoms with E-state index in [1.807, 2.05) is 41.5 Å². The predicted octanol–water partition coefficient (Wildman–Crippen LogP) is 5.43. The zero-order valence-electron chi connectivity index (χ0n) is 18.4. The van der Waals surface area contributed by atoms with Gasteiger partial charge in [0.05, 0.1) is 16.2 Å². The first-order valence-corrected chi connectivity index (χ1v) is 12.1. The van der Waals surface area contributed by atoms with Gasteiger partial charge in [0.2, 0.25) is 0 Å². The molecule has 1 saturated carbocycles. The number of ether oxygens (including phenoxy) is 1. The average Bonchev–Trinajstić information content (AvgIpc) is 3.31. The van der Waals surface area contributed by atoms with Gasteiger partial charge in [-0.3, -0.25) is 4.90 Å². The van der Waals surface area contributed by atoms with Crippen LogP contribution in [0, 0.1) is 11.2 Å². The zero-order valence-corrected chi connectivity index (χ0v) is 20.8. The van der Waals surface area contributed by atoms with Gasteiger partial charge < -0.3 is 9.29 Å². The highest BCUT2D eigenvalue weighted by molar-refractivity contribution is 9.10. The van der Waals surface area contributed by atoms with Crippen LogP contribution in [0.1, 0.15) is 59.9 Å². The molecule has 0 aromatic heterocycles. The summed E-state index contributed by atoms with van der Waals surface area (Å²) in [4.78, 5) is 14.7. The van der Waals surface area contributed by atoms with Crippen molar-refractivity contribution in [2.45, 2.75) is 77.2 Å². The monoisotopic (exact) mass is 500 g/mol. The minimum absolute atomic E-state index is 0.256. The molecule has 5 nitrogen and oxygen atoms in total. The second-order valence-electron chi connectivity index (χ2n) is 10.2. The SMILES string of the molecule is CC(C)(C)OC(=O)N1CC2(CC2)/C(=N\[S@+]([O-])C(C)(C)C)C1Cc1cccc(Br)c1F. The fourth-order valence-corrected chi connectivity index (χ4v) is 4.78. The molecule has 1 saturated heterocycles. The van der Waals surface area contributed by atoms with Crippen LogP contribution in [0.5, 0.6) is 0 Å². The average molecular weight is 501 g/mol. The highest BCUT2D eigenvalue weighted by Crippen LogP contribution is 2.54. The first-order valence-electron chi connectivity index (χ1n) is 10.2. The first-order chi connectivity index (χ1) is 13.7. The lowest BCUT2D eigenvalue weighted by Gasteiger charge is -2.28. The molecule has 8 heteroatoms. The Morgan fingerprint density at radius 2 is 1.97 bits per heavy atom. The highest BCUT2D eigenvalue weighted by Gasteiger charge is 2.60. The van der Waals surface area contributed by atoms with Crippen molar-refractivity contribution in [3.8, 4) is 0 Å². The molecule has 30 heavy (non-hydrogen) atoms. The number of carbonyl (C=O) groups excluding carboxylic acids is 1. The summed E-state index contributed by atoms with van der Waals surface area (Å²) in [5, 5.41) is 0. The van der Waals surface area contributed by atoms with Crippen LogP contribution in [0.2, 0.25) is 0 Å². The van der Waals surface area contributed by atoms with Crippen molar-refractivity contribution in [1.82, 2.24) is 4.90 Å². The molecule has 2 fully saturated rings. The molecule has 2 atom stereocenters. The molecule has 1 amide bonds. The molecule has 1 heterocycles. The molecule has 1 unspecified atom stereocenters. The molecule has 1 aromatic rings. The van der Waals surface area contributed by atoms with Crippen LogP contribution < -0.4 is 0 Å². The molecule has 0 bridgehead atoms. The number of nitrogens with zero attached hydrogens (tertiary/aromatic N) is 2. The minimum Gasteiger partial charge on any atom is -0.591 e. The molecule has 3 rings (SSSR count). The van der Waals surface area contributed by atoms with Crippen molar-refractivity contribution >= 4 is 39.1 Å². The smallest absolute Gasteiger partial charge is 0.410 e. The normalized spacial score (nSPS) is 23.2. The summed E-state index contributed by atoms with van der Waals surface area (Å²) in [7, 11) is 0. The van der Waals surface area contributed by atoms with Crippen molar-refractivity contribution < 1.29 is 18.5 Å². The van der Waals surface area contributed by atoms with Crippen molar-refractivity contribution in [3.63, 3.8) is 0 Å². The summed E-state index contributed by atoms with van der Waals surface area (Å²) < 4.78 is 37.7. The van der Waals surface area contributed by atoms with E-state index in [4.69, 9.17) is 4.74 Å². The Morgan fingerprint density at radius 1 is 1.33 bits per heavy atom. The van der Waals surface area contributed by atoms with E-state index in [9.17, 15) is 13.7 Å². The second kappa shape index (κ2) is 8.10. The summed E-state index contributed by atoms with van der Waals surface area (Å²) in [6.45, 7) is 11.5. The number of benzene rings is 1. The van der Waals surface area contributed by atoms with E-state index in [0.717, 1.165) is 18.6 Å². The summed E-state index contributed by atoms with van der Waals surface area (Å²) in [6.07, 6.45) is 1.57. The molecule has 166 valence electrons. The van der Waals surface area contributed by atoms with Crippen LogP contribution >= 0.6 is 15.9 Å².